The molecule has 0 aromatic heterocycles. The highest BCUT2D eigenvalue weighted by molar-refractivity contribution is 8.11. The van der Waals surface area contributed by atoms with E-state index in [9.17, 15) is 0 Å². The van der Waals surface area contributed by atoms with Crippen LogP contribution >= 0.6 is 11.8 Å². The maximum Gasteiger partial charge on any atom is 0.118 e. The number of benzene rings is 1. The molecule has 1 nitrogen and oxygen atoms in total. The molecule has 1 aromatic rings. The average Bonchev–Trinajstić information content (AvgIpc) is 2.17. The first-order valence-corrected chi connectivity index (χ1v) is 5.12. The molecule has 0 saturated heterocycles. The smallest absolute Gasteiger partial charge is 0.118 e. The fourth-order valence-electron chi connectivity index (χ4n) is 1.05. The molecular weight excluding hydrogens is 192 g/mol. The first-order chi connectivity index (χ1) is 6.63. The van der Waals surface area contributed by atoms with Crippen LogP contribution < -0.4 is 4.74 Å². The number of thioether (sulfide) groups is 1. The number of ether oxygens (including phenoxy) is 1. The summed E-state index contributed by atoms with van der Waals surface area (Å²) in [4.78, 5) is 2.06. The maximum atomic E-state index is 5.08. The zero-order valence-electron chi connectivity index (χ0n) is 8.54. The van der Waals surface area contributed by atoms with Gasteiger partial charge in [0.1, 0.15) is 5.75 Å². The Balaban J connectivity index is 2.76. The molecule has 0 radical (unpaired) electrons. The van der Waals surface area contributed by atoms with Gasteiger partial charge in [-0.3, -0.25) is 0 Å². The van der Waals surface area contributed by atoms with E-state index in [1.807, 2.05) is 31.2 Å². The van der Waals surface area contributed by atoms with Crippen LogP contribution in [0, 0.1) is 0 Å². The van der Waals surface area contributed by atoms with Gasteiger partial charge in [0, 0.05) is 4.91 Å². The van der Waals surface area contributed by atoms with Crippen LogP contribution in [-0.2, 0) is 0 Å². The Kier molecular flexibility index (Phi) is 3.84. The van der Waals surface area contributed by atoms with Gasteiger partial charge in [-0.1, -0.05) is 37.1 Å². The van der Waals surface area contributed by atoms with Crippen molar-refractivity contribution >= 4 is 16.7 Å². The number of methoxy groups -OCH3 is 1. The van der Waals surface area contributed by atoms with Crippen LogP contribution in [0.1, 0.15) is 12.5 Å². The summed E-state index contributed by atoms with van der Waals surface area (Å²) in [6, 6.07) is 7.85. The first-order valence-electron chi connectivity index (χ1n) is 4.30. The predicted molar refractivity (Wildman–Crippen MR) is 64.4 cm³/mol. The largest absolute Gasteiger partial charge is 0.497 e. The summed E-state index contributed by atoms with van der Waals surface area (Å²) in [5, 5.41) is 0. The zero-order valence-corrected chi connectivity index (χ0v) is 9.36. The molecule has 0 atom stereocenters. The van der Waals surface area contributed by atoms with E-state index in [0.29, 0.717) is 0 Å². The Morgan fingerprint density at radius 3 is 2.21 bits per heavy atom. The molecule has 0 amide bonds. The minimum absolute atomic E-state index is 0.863. The minimum atomic E-state index is 0.863. The molecule has 0 aliphatic heterocycles. The standard InChI is InChI=1S/C12H14OS/c1-9(2)14-10(3)11-5-7-12(13-4)8-6-11/h5-8H,1,3H2,2,4H3. The summed E-state index contributed by atoms with van der Waals surface area (Å²) in [6.07, 6.45) is 0. The molecule has 2 heteroatoms. The Morgan fingerprint density at radius 1 is 1.21 bits per heavy atom. The Labute approximate surface area is 89.5 Å². The molecule has 0 spiro atoms. The highest BCUT2D eigenvalue weighted by Gasteiger charge is 2.00. The van der Waals surface area contributed by atoms with Crippen LogP contribution in [0.5, 0.6) is 5.75 Å². The van der Waals surface area contributed by atoms with Crippen molar-refractivity contribution in [3.05, 3.63) is 47.9 Å². The highest BCUT2D eigenvalue weighted by atomic mass is 32.2. The van der Waals surface area contributed by atoms with Gasteiger partial charge < -0.3 is 4.74 Å². The summed E-state index contributed by atoms with van der Waals surface area (Å²) < 4.78 is 5.08. The lowest BCUT2D eigenvalue weighted by Crippen LogP contribution is -1.83. The van der Waals surface area contributed by atoms with E-state index < -0.39 is 0 Å². The summed E-state index contributed by atoms with van der Waals surface area (Å²) in [6.45, 7) is 9.79. The summed E-state index contributed by atoms with van der Waals surface area (Å²) in [5.74, 6) is 0.863. The van der Waals surface area contributed by atoms with E-state index in [-0.39, 0.29) is 0 Å². The maximum absolute atomic E-state index is 5.08. The normalized spacial score (nSPS) is 9.57. The molecule has 74 valence electrons. The van der Waals surface area contributed by atoms with Gasteiger partial charge in [0.05, 0.1) is 7.11 Å². The number of rotatable bonds is 4. The van der Waals surface area contributed by atoms with Crippen LogP contribution in [0.25, 0.3) is 4.91 Å². The van der Waals surface area contributed by atoms with Crippen LogP contribution in [-0.4, -0.2) is 7.11 Å². The van der Waals surface area contributed by atoms with E-state index in [1.54, 1.807) is 18.9 Å². The zero-order chi connectivity index (χ0) is 10.6. The van der Waals surface area contributed by atoms with Gasteiger partial charge in [0.15, 0.2) is 0 Å². The second-order valence-electron chi connectivity index (χ2n) is 2.96. The van der Waals surface area contributed by atoms with Crippen molar-refractivity contribution in [2.45, 2.75) is 6.92 Å². The molecule has 1 aromatic carbocycles. The molecule has 0 aliphatic rings. The van der Waals surface area contributed by atoms with Crippen molar-refractivity contribution < 1.29 is 4.74 Å². The van der Waals surface area contributed by atoms with Crippen LogP contribution in [0.2, 0.25) is 0 Å². The van der Waals surface area contributed by atoms with Crippen molar-refractivity contribution in [2.24, 2.45) is 0 Å². The van der Waals surface area contributed by atoms with Gasteiger partial charge in [0.2, 0.25) is 0 Å². The molecule has 0 N–H and O–H groups in total. The molecular formula is C12H14OS. The Hall–Kier alpha value is -1.15. The van der Waals surface area contributed by atoms with Gasteiger partial charge in [-0.2, -0.15) is 0 Å². The second kappa shape index (κ2) is 4.91. The monoisotopic (exact) mass is 206 g/mol. The molecule has 0 heterocycles. The molecule has 0 fully saturated rings. The van der Waals surface area contributed by atoms with Crippen molar-refractivity contribution in [3.63, 3.8) is 0 Å². The predicted octanol–water partition coefficient (Wildman–Crippen LogP) is 3.93. The third-order valence-electron chi connectivity index (χ3n) is 1.71. The fourth-order valence-corrected chi connectivity index (χ4v) is 1.72. The lowest BCUT2D eigenvalue weighted by Gasteiger charge is -2.05. The molecule has 0 saturated carbocycles. The SMILES string of the molecule is C=C(C)SC(=C)c1ccc(OC)cc1. The molecule has 14 heavy (non-hydrogen) atoms. The van der Waals surface area contributed by atoms with Crippen molar-refractivity contribution in [2.75, 3.05) is 7.11 Å². The van der Waals surface area contributed by atoms with Crippen LogP contribution in [0.15, 0.2) is 42.3 Å². The first kappa shape index (κ1) is 10.9. The summed E-state index contributed by atoms with van der Waals surface area (Å²) >= 11 is 1.59. The van der Waals surface area contributed by atoms with Gasteiger partial charge in [-0.15, -0.1) is 0 Å². The van der Waals surface area contributed by atoms with Gasteiger partial charge >= 0.3 is 0 Å². The lowest BCUT2D eigenvalue weighted by atomic mass is 10.2. The van der Waals surface area contributed by atoms with Crippen molar-refractivity contribution in [3.8, 4) is 5.75 Å². The van der Waals surface area contributed by atoms with Gasteiger partial charge in [-0.05, 0) is 29.5 Å². The van der Waals surface area contributed by atoms with Crippen molar-refractivity contribution in [1.82, 2.24) is 0 Å². The van der Waals surface area contributed by atoms with Crippen molar-refractivity contribution in [1.29, 1.82) is 0 Å². The topological polar surface area (TPSA) is 9.23 Å². The van der Waals surface area contributed by atoms with Gasteiger partial charge in [0.25, 0.3) is 0 Å². The molecule has 0 bridgehead atoms. The minimum Gasteiger partial charge on any atom is -0.497 e. The third kappa shape index (κ3) is 2.96. The number of hydrogen-bond donors (Lipinski definition) is 0. The van der Waals surface area contributed by atoms with E-state index in [2.05, 4.69) is 13.2 Å². The van der Waals surface area contributed by atoms with Gasteiger partial charge in [-0.25, -0.2) is 0 Å². The second-order valence-corrected chi connectivity index (χ2v) is 4.35. The quantitative estimate of drug-likeness (QED) is 0.738. The number of allylic oxidation sites excluding steroid dienone is 1. The fraction of sp³-hybridized carbons (Fsp3) is 0.167. The molecule has 0 unspecified atom stereocenters. The average molecular weight is 206 g/mol. The summed E-state index contributed by atoms with van der Waals surface area (Å²) in [7, 11) is 1.66. The Bertz CT molecular complexity index is 338. The van der Waals surface area contributed by atoms with Crippen LogP contribution in [0.3, 0.4) is 0 Å². The Morgan fingerprint density at radius 2 is 1.79 bits per heavy atom. The van der Waals surface area contributed by atoms with E-state index >= 15 is 0 Å². The van der Waals surface area contributed by atoms with Crippen LogP contribution in [0.4, 0.5) is 0 Å². The molecule has 0 aliphatic carbocycles. The number of hydrogen-bond acceptors (Lipinski definition) is 2. The van der Waals surface area contributed by atoms with E-state index in [1.165, 1.54) is 0 Å². The van der Waals surface area contributed by atoms with E-state index in [4.69, 9.17) is 4.74 Å². The molecule has 1 rings (SSSR count). The summed E-state index contributed by atoms with van der Waals surface area (Å²) in [5.41, 5.74) is 1.11. The lowest BCUT2D eigenvalue weighted by molar-refractivity contribution is 0.415. The third-order valence-corrected chi connectivity index (χ3v) is 2.54. The van der Waals surface area contributed by atoms with E-state index in [0.717, 1.165) is 21.1 Å². The highest BCUT2D eigenvalue weighted by Crippen LogP contribution is 2.31.